The molecule has 0 spiro atoms. The topological polar surface area (TPSA) is 67.8 Å². The number of fused-ring (bicyclic) bond motifs is 1. The van der Waals surface area contributed by atoms with Crippen molar-refractivity contribution >= 4 is 44.8 Å². The van der Waals surface area contributed by atoms with E-state index in [4.69, 9.17) is 14.5 Å². The normalized spacial score (nSPS) is 14.3. The molecule has 1 aliphatic rings. The molecule has 1 aromatic heterocycles. The molecule has 0 radical (unpaired) electrons. The van der Waals surface area contributed by atoms with E-state index in [1.807, 2.05) is 41.3 Å². The van der Waals surface area contributed by atoms with Gasteiger partial charge in [0.05, 0.1) is 35.9 Å². The molecular weight excluding hydrogens is 460 g/mol. The van der Waals surface area contributed by atoms with Crippen LogP contribution in [0.2, 0.25) is 0 Å². The highest BCUT2D eigenvalue weighted by Gasteiger charge is 2.21. The molecule has 1 amide bonds. The van der Waals surface area contributed by atoms with Gasteiger partial charge in [0.25, 0.3) is 0 Å². The lowest BCUT2D eigenvalue weighted by atomic mass is 10.2. The average Bonchev–Trinajstić information content (AvgIpc) is 2.81. The third-order valence-corrected chi connectivity index (χ3v) is 5.81. The molecule has 0 saturated carbocycles. The van der Waals surface area contributed by atoms with Gasteiger partial charge in [-0.15, -0.1) is 0 Å². The Labute approximate surface area is 189 Å². The number of halogens is 1. The van der Waals surface area contributed by atoms with E-state index in [0.717, 1.165) is 26.9 Å². The summed E-state index contributed by atoms with van der Waals surface area (Å²) in [6.07, 6.45) is 5.18. The molecule has 3 aromatic rings. The zero-order valence-corrected chi connectivity index (χ0v) is 19.0. The Balaban J connectivity index is 1.39. The third-order valence-electron chi connectivity index (χ3n) is 5.23. The number of rotatable bonds is 5. The number of para-hydroxylation sites is 2. The Morgan fingerprint density at radius 1 is 1.06 bits per heavy atom. The zero-order valence-electron chi connectivity index (χ0n) is 17.4. The van der Waals surface area contributed by atoms with Gasteiger partial charge in [0.1, 0.15) is 5.82 Å². The molecule has 31 heavy (non-hydrogen) atoms. The molecule has 160 valence electrons. The number of hydrogen-bond acceptors (Lipinski definition) is 6. The number of methoxy groups -OCH3 is 2. The second kappa shape index (κ2) is 9.34. The van der Waals surface area contributed by atoms with Gasteiger partial charge in [0, 0.05) is 32.3 Å². The van der Waals surface area contributed by atoms with Crippen LogP contribution in [-0.2, 0) is 4.79 Å². The van der Waals surface area contributed by atoms with Crippen molar-refractivity contribution in [2.45, 2.75) is 0 Å². The van der Waals surface area contributed by atoms with Crippen molar-refractivity contribution in [2.24, 2.45) is 0 Å². The Morgan fingerprint density at radius 3 is 2.52 bits per heavy atom. The van der Waals surface area contributed by atoms with Crippen LogP contribution in [0.5, 0.6) is 11.5 Å². The fourth-order valence-electron chi connectivity index (χ4n) is 3.56. The van der Waals surface area contributed by atoms with Crippen LogP contribution in [0.15, 0.2) is 53.1 Å². The molecule has 0 unspecified atom stereocenters. The molecule has 0 aliphatic carbocycles. The maximum absolute atomic E-state index is 12.7. The summed E-state index contributed by atoms with van der Waals surface area (Å²) < 4.78 is 11.5. The highest BCUT2D eigenvalue weighted by Crippen LogP contribution is 2.36. The second-order valence-electron chi connectivity index (χ2n) is 7.10. The number of amides is 1. The lowest BCUT2D eigenvalue weighted by Gasteiger charge is -2.34. The Hall–Kier alpha value is -3.13. The van der Waals surface area contributed by atoms with Gasteiger partial charge in [0.15, 0.2) is 11.5 Å². The minimum atomic E-state index is -0.0184. The lowest BCUT2D eigenvalue weighted by molar-refractivity contribution is -0.126. The summed E-state index contributed by atoms with van der Waals surface area (Å²) in [5, 5.41) is 0. The Morgan fingerprint density at radius 2 is 1.81 bits per heavy atom. The number of aromatic nitrogens is 2. The van der Waals surface area contributed by atoms with Gasteiger partial charge >= 0.3 is 0 Å². The molecule has 1 fully saturated rings. The maximum atomic E-state index is 12.7. The van der Waals surface area contributed by atoms with Gasteiger partial charge in [-0.2, -0.15) is 0 Å². The van der Waals surface area contributed by atoms with Crippen LogP contribution in [0.25, 0.3) is 17.1 Å². The van der Waals surface area contributed by atoms with Crippen molar-refractivity contribution in [3.63, 3.8) is 0 Å². The highest BCUT2D eigenvalue weighted by atomic mass is 79.9. The number of anilines is 1. The van der Waals surface area contributed by atoms with Crippen LogP contribution in [-0.4, -0.2) is 61.2 Å². The zero-order chi connectivity index (χ0) is 21.8. The number of piperazine rings is 1. The van der Waals surface area contributed by atoms with E-state index in [0.29, 0.717) is 37.7 Å². The predicted molar refractivity (Wildman–Crippen MR) is 125 cm³/mol. The minimum absolute atomic E-state index is 0.0184. The summed E-state index contributed by atoms with van der Waals surface area (Å²) in [4.78, 5) is 25.9. The van der Waals surface area contributed by atoms with Crippen molar-refractivity contribution in [3.05, 3.63) is 58.7 Å². The molecule has 0 atom stereocenters. The number of carbonyl (C=O) groups excluding carboxylic acids is 1. The third kappa shape index (κ3) is 4.64. The van der Waals surface area contributed by atoms with Gasteiger partial charge in [-0.25, -0.2) is 4.98 Å². The van der Waals surface area contributed by atoms with Crippen molar-refractivity contribution < 1.29 is 14.3 Å². The summed E-state index contributed by atoms with van der Waals surface area (Å²) in [5.74, 6) is 2.06. The summed E-state index contributed by atoms with van der Waals surface area (Å²) in [7, 11) is 3.17. The number of hydrogen-bond donors (Lipinski definition) is 0. The maximum Gasteiger partial charge on any atom is 0.246 e. The van der Waals surface area contributed by atoms with Gasteiger partial charge in [-0.3, -0.25) is 9.78 Å². The largest absolute Gasteiger partial charge is 0.493 e. The van der Waals surface area contributed by atoms with E-state index in [2.05, 4.69) is 25.8 Å². The van der Waals surface area contributed by atoms with Crippen LogP contribution in [0.1, 0.15) is 5.56 Å². The van der Waals surface area contributed by atoms with E-state index in [9.17, 15) is 4.79 Å². The molecule has 2 aromatic carbocycles. The van der Waals surface area contributed by atoms with Crippen LogP contribution < -0.4 is 14.4 Å². The number of carbonyl (C=O) groups is 1. The molecule has 4 rings (SSSR count). The average molecular weight is 483 g/mol. The first-order valence-electron chi connectivity index (χ1n) is 9.94. The van der Waals surface area contributed by atoms with Crippen LogP contribution in [0.3, 0.4) is 0 Å². The van der Waals surface area contributed by atoms with Crippen molar-refractivity contribution in [2.75, 3.05) is 45.3 Å². The first kappa shape index (κ1) is 21.1. The van der Waals surface area contributed by atoms with Crippen molar-refractivity contribution in [1.29, 1.82) is 0 Å². The fraction of sp³-hybridized carbons (Fsp3) is 0.261. The molecule has 0 bridgehead atoms. The van der Waals surface area contributed by atoms with Crippen LogP contribution in [0, 0.1) is 0 Å². The van der Waals surface area contributed by atoms with E-state index in [1.165, 1.54) is 0 Å². The molecule has 0 N–H and O–H groups in total. The van der Waals surface area contributed by atoms with E-state index in [1.54, 1.807) is 32.6 Å². The van der Waals surface area contributed by atoms with Crippen molar-refractivity contribution in [3.8, 4) is 11.5 Å². The van der Waals surface area contributed by atoms with E-state index < -0.39 is 0 Å². The highest BCUT2D eigenvalue weighted by molar-refractivity contribution is 9.10. The summed E-state index contributed by atoms with van der Waals surface area (Å²) in [5.41, 5.74) is 2.61. The SMILES string of the molecule is COc1cc(/C=C/C(=O)N2CCN(c3cnc4ccccc4n3)CC2)cc(Br)c1OC. The number of ether oxygens (including phenoxy) is 2. The monoisotopic (exact) mass is 482 g/mol. The molecule has 2 heterocycles. The van der Waals surface area contributed by atoms with Gasteiger partial charge in [0.2, 0.25) is 5.91 Å². The summed E-state index contributed by atoms with van der Waals surface area (Å²) in [6, 6.07) is 11.6. The Kier molecular flexibility index (Phi) is 6.36. The predicted octanol–water partition coefficient (Wildman–Crippen LogP) is 3.77. The van der Waals surface area contributed by atoms with Crippen LogP contribution >= 0.6 is 15.9 Å². The smallest absolute Gasteiger partial charge is 0.246 e. The standard InChI is InChI=1S/C23H23BrN4O3/c1-30-20-14-16(13-17(24)23(20)31-2)7-8-22(29)28-11-9-27(10-12-28)21-15-25-18-5-3-4-6-19(18)26-21/h3-8,13-15H,9-12H2,1-2H3/b8-7+. The molecule has 8 heteroatoms. The fourth-order valence-corrected chi connectivity index (χ4v) is 4.18. The van der Waals surface area contributed by atoms with Gasteiger partial charge in [-0.1, -0.05) is 12.1 Å². The lowest BCUT2D eigenvalue weighted by Crippen LogP contribution is -2.48. The first-order chi connectivity index (χ1) is 15.1. The molecule has 7 nitrogen and oxygen atoms in total. The van der Waals surface area contributed by atoms with Gasteiger partial charge < -0.3 is 19.3 Å². The molecular formula is C23H23BrN4O3. The molecule has 1 saturated heterocycles. The summed E-state index contributed by atoms with van der Waals surface area (Å²) >= 11 is 3.48. The number of nitrogens with zero attached hydrogens (tertiary/aromatic N) is 4. The van der Waals surface area contributed by atoms with Gasteiger partial charge in [-0.05, 0) is 51.8 Å². The van der Waals surface area contributed by atoms with E-state index >= 15 is 0 Å². The van der Waals surface area contributed by atoms with Crippen LogP contribution in [0.4, 0.5) is 5.82 Å². The molecule has 1 aliphatic heterocycles. The first-order valence-corrected chi connectivity index (χ1v) is 10.7. The Bertz CT molecular complexity index is 1130. The minimum Gasteiger partial charge on any atom is -0.493 e. The quantitative estimate of drug-likeness (QED) is 0.515. The summed E-state index contributed by atoms with van der Waals surface area (Å²) in [6.45, 7) is 2.70. The second-order valence-corrected chi connectivity index (χ2v) is 7.96. The van der Waals surface area contributed by atoms with E-state index in [-0.39, 0.29) is 5.91 Å². The number of benzene rings is 2. The van der Waals surface area contributed by atoms with Crippen molar-refractivity contribution in [1.82, 2.24) is 14.9 Å².